The Morgan fingerprint density at radius 3 is 2.88 bits per heavy atom. The number of rotatable bonds is 2. The van der Waals surface area contributed by atoms with E-state index in [9.17, 15) is 0 Å². The fraction of sp³-hybridized carbons (Fsp3) is 0.231. The van der Waals surface area contributed by atoms with Gasteiger partial charge in [-0.25, -0.2) is 4.85 Å². The van der Waals surface area contributed by atoms with E-state index >= 15 is 0 Å². The molecule has 1 heterocycles. The highest BCUT2D eigenvalue weighted by Crippen LogP contribution is 2.39. The zero-order valence-corrected chi connectivity index (χ0v) is 10.7. The Hall–Kier alpha value is -1.60. The maximum absolute atomic E-state index is 7.20. The van der Waals surface area contributed by atoms with Gasteiger partial charge in [-0.2, -0.15) is 5.10 Å². The van der Waals surface area contributed by atoms with Crippen molar-refractivity contribution < 1.29 is 0 Å². The summed E-state index contributed by atoms with van der Waals surface area (Å²) < 4.78 is 2.72. The van der Waals surface area contributed by atoms with Crippen LogP contribution in [0.15, 0.2) is 34.9 Å². The van der Waals surface area contributed by atoms with Gasteiger partial charge >= 0.3 is 0 Å². The van der Waals surface area contributed by atoms with Crippen LogP contribution in [0.4, 0.5) is 5.69 Å². The number of halogens is 1. The predicted molar refractivity (Wildman–Crippen MR) is 69.5 cm³/mol. The summed E-state index contributed by atoms with van der Waals surface area (Å²) >= 11 is 3.38. The van der Waals surface area contributed by atoms with Gasteiger partial charge in [-0.1, -0.05) is 15.9 Å². The molecule has 0 atom stereocenters. The molecule has 1 aliphatic carbocycles. The molecule has 0 amide bonds. The van der Waals surface area contributed by atoms with Gasteiger partial charge in [0.25, 0.3) is 0 Å². The lowest BCUT2D eigenvalue weighted by molar-refractivity contribution is 0.839. The summed E-state index contributed by atoms with van der Waals surface area (Å²) in [6.45, 7) is 7.20. The van der Waals surface area contributed by atoms with E-state index in [0.717, 1.165) is 15.9 Å². The largest absolute Gasteiger partial charge is 0.251 e. The number of hydrogen-bond donors (Lipinski definition) is 0. The van der Waals surface area contributed by atoms with Crippen LogP contribution < -0.4 is 0 Å². The van der Waals surface area contributed by atoms with Gasteiger partial charge in [0.05, 0.1) is 18.0 Å². The zero-order valence-electron chi connectivity index (χ0n) is 9.10. The van der Waals surface area contributed by atoms with E-state index in [1.54, 1.807) is 4.68 Å². The molecule has 84 valence electrons. The van der Waals surface area contributed by atoms with Crippen LogP contribution in [-0.2, 0) is 0 Å². The Bertz CT molecular complexity index is 605. The fourth-order valence-electron chi connectivity index (χ4n) is 1.85. The highest BCUT2D eigenvalue weighted by Gasteiger charge is 2.26. The summed E-state index contributed by atoms with van der Waals surface area (Å²) in [6.07, 6.45) is 4.42. The standard InChI is InChI=1S/C13H10BrN3/c1-15-12-8-10(14)4-5-13(12)17-7-6-11(16-17)9-2-3-9/h4-9H,2-3H2. The van der Waals surface area contributed by atoms with Crippen molar-refractivity contribution >= 4 is 21.6 Å². The predicted octanol–water partition coefficient (Wildman–Crippen LogP) is 4.06. The summed E-state index contributed by atoms with van der Waals surface area (Å²) in [6, 6.07) is 7.72. The van der Waals surface area contributed by atoms with E-state index in [1.165, 1.54) is 12.8 Å². The molecule has 0 N–H and O–H groups in total. The minimum atomic E-state index is 0.616. The van der Waals surface area contributed by atoms with Gasteiger partial charge in [-0.3, -0.25) is 4.68 Å². The molecule has 0 aliphatic heterocycles. The van der Waals surface area contributed by atoms with Gasteiger partial charge in [-0.15, -0.1) is 0 Å². The smallest absolute Gasteiger partial charge is 0.213 e. The molecule has 0 radical (unpaired) electrons. The molecule has 1 fully saturated rings. The van der Waals surface area contributed by atoms with Crippen LogP contribution in [0.25, 0.3) is 10.5 Å². The van der Waals surface area contributed by atoms with Crippen LogP contribution in [0.2, 0.25) is 0 Å². The van der Waals surface area contributed by atoms with Gasteiger partial charge in [0, 0.05) is 16.6 Å². The SMILES string of the molecule is [C-]#[N+]c1cc(Br)ccc1-n1ccc(C2CC2)n1. The Balaban J connectivity index is 2.04. The number of benzene rings is 1. The maximum atomic E-state index is 7.20. The van der Waals surface area contributed by atoms with Crippen molar-refractivity contribution in [3.8, 4) is 5.69 Å². The molecular weight excluding hydrogens is 278 g/mol. The van der Waals surface area contributed by atoms with Crippen molar-refractivity contribution in [1.82, 2.24) is 9.78 Å². The number of aromatic nitrogens is 2. The first kappa shape index (κ1) is 10.5. The summed E-state index contributed by atoms with van der Waals surface area (Å²) in [4.78, 5) is 3.54. The van der Waals surface area contributed by atoms with E-state index in [-0.39, 0.29) is 0 Å². The quantitative estimate of drug-likeness (QED) is 0.764. The maximum Gasteiger partial charge on any atom is 0.213 e. The lowest BCUT2D eigenvalue weighted by atomic mass is 10.3. The van der Waals surface area contributed by atoms with Gasteiger partial charge in [0.15, 0.2) is 0 Å². The summed E-state index contributed by atoms with van der Waals surface area (Å²) in [7, 11) is 0. The van der Waals surface area contributed by atoms with E-state index in [1.807, 2.05) is 30.5 Å². The lowest BCUT2D eigenvalue weighted by Crippen LogP contribution is -1.95. The lowest BCUT2D eigenvalue weighted by Gasteiger charge is -2.04. The third-order valence-corrected chi connectivity index (χ3v) is 3.40. The molecular formula is C13H10BrN3. The van der Waals surface area contributed by atoms with Gasteiger partial charge in [0.2, 0.25) is 5.69 Å². The normalized spacial score (nSPS) is 14.6. The van der Waals surface area contributed by atoms with E-state index in [2.05, 4.69) is 25.9 Å². The summed E-state index contributed by atoms with van der Waals surface area (Å²) in [5.74, 6) is 0.642. The molecule has 0 unspecified atom stereocenters. The van der Waals surface area contributed by atoms with Crippen molar-refractivity contribution in [2.24, 2.45) is 0 Å². The van der Waals surface area contributed by atoms with Gasteiger partial charge in [-0.05, 0) is 37.1 Å². The summed E-state index contributed by atoms with van der Waals surface area (Å²) in [5.41, 5.74) is 2.60. The average Bonchev–Trinajstić information content (AvgIpc) is 3.08. The Labute approximate surface area is 108 Å². The minimum Gasteiger partial charge on any atom is -0.251 e. The molecule has 2 aromatic rings. The fourth-order valence-corrected chi connectivity index (χ4v) is 2.20. The molecule has 1 aromatic carbocycles. The molecule has 1 aromatic heterocycles. The first-order chi connectivity index (χ1) is 8.28. The average molecular weight is 288 g/mol. The second-order valence-corrected chi connectivity index (χ2v) is 5.12. The van der Waals surface area contributed by atoms with Crippen LogP contribution in [0.1, 0.15) is 24.5 Å². The van der Waals surface area contributed by atoms with Crippen LogP contribution in [0, 0.1) is 6.57 Å². The second kappa shape index (κ2) is 4.01. The minimum absolute atomic E-state index is 0.616. The topological polar surface area (TPSA) is 22.2 Å². The van der Waals surface area contributed by atoms with Gasteiger partial charge in [0.1, 0.15) is 0 Å². The molecule has 0 spiro atoms. The Kier molecular flexibility index (Phi) is 2.49. The van der Waals surface area contributed by atoms with Gasteiger partial charge < -0.3 is 0 Å². The van der Waals surface area contributed by atoms with E-state index in [0.29, 0.717) is 11.6 Å². The third kappa shape index (κ3) is 1.98. The molecule has 17 heavy (non-hydrogen) atoms. The number of nitrogens with zero attached hydrogens (tertiary/aromatic N) is 3. The highest BCUT2D eigenvalue weighted by molar-refractivity contribution is 9.10. The van der Waals surface area contributed by atoms with Crippen LogP contribution in [0.5, 0.6) is 0 Å². The van der Waals surface area contributed by atoms with Crippen molar-refractivity contribution in [3.63, 3.8) is 0 Å². The monoisotopic (exact) mass is 287 g/mol. The third-order valence-electron chi connectivity index (χ3n) is 2.91. The molecule has 1 saturated carbocycles. The molecule has 4 heteroatoms. The summed E-state index contributed by atoms with van der Waals surface area (Å²) in [5, 5.41) is 4.54. The molecule has 3 rings (SSSR count). The highest BCUT2D eigenvalue weighted by atomic mass is 79.9. The van der Waals surface area contributed by atoms with Crippen molar-refractivity contribution in [1.29, 1.82) is 0 Å². The molecule has 1 aliphatic rings. The molecule has 0 saturated heterocycles. The van der Waals surface area contributed by atoms with Crippen LogP contribution in [0.3, 0.4) is 0 Å². The zero-order chi connectivity index (χ0) is 11.8. The van der Waals surface area contributed by atoms with Crippen molar-refractivity contribution in [3.05, 3.63) is 52.0 Å². The Morgan fingerprint density at radius 2 is 2.18 bits per heavy atom. The molecule has 3 nitrogen and oxygen atoms in total. The first-order valence-corrected chi connectivity index (χ1v) is 6.30. The molecule has 0 bridgehead atoms. The van der Waals surface area contributed by atoms with E-state index in [4.69, 9.17) is 6.57 Å². The number of hydrogen-bond acceptors (Lipinski definition) is 1. The Morgan fingerprint density at radius 1 is 1.35 bits per heavy atom. The van der Waals surface area contributed by atoms with Crippen molar-refractivity contribution in [2.75, 3.05) is 0 Å². The van der Waals surface area contributed by atoms with Crippen molar-refractivity contribution in [2.45, 2.75) is 18.8 Å². The van der Waals surface area contributed by atoms with Crippen LogP contribution >= 0.6 is 15.9 Å². The van der Waals surface area contributed by atoms with E-state index < -0.39 is 0 Å². The second-order valence-electron chi connectivity index (χ2n) is 4.20. The van der Waals surface area contributed by atoms with Crippen LogP contribution in [-0.4, -0.2) is 9.78 Å². The first-order valence-electron chi connectivity index (χ1n) is 5.51.